The monoisotopic (exact) mass is 368 g/mol. The summed E-state index contributed by atoms with van der Waals surface area (Å²) in [4.78, 5) is 23.7. The van der Waals surface area contributed by atoms with Crippen molar-refractivity contribution in [1.29, 1.82) is 0 Å². The Labute approximate surface area is 161 Å². The third kappa shape index (κ3) is 7.13. The van der Waals surface area contributed by atoms with Crippen LogP contribution in [0.25, 0.3) is 0 Å². The molecule has 0 spiro atoms. The van der Waals surface area contributed by atoms with E-state index in [1.165, 1.54) is 19.3 Å². The van der Waals surface area contributed by atoms with E-state index in [9.17, 15) is 9.59 Å². The van der Waals surface area contributed by atoms with E-state index in [2.05, 4.69) is 17.6 Å². The van der Waals surface area contributed by atoms with Crippen molar-refractivity contribution in [3.63, 3.8) is 0 Å². The van der Waals surface area contributed by atoms with E-state index in [1.807, 2.05) is 24.3 Å². The van der Waals surface area contributed by atoms with Crippen LogP contribution in [0.5, 0.6) is 5.75 Å². The molecule has 0 saturated carbocycles. The third-order valence-corrected chi connectivity index (χ3v) is 4.24. The number of hydrogen-bond donors (Lipinski definition) is 2. The third-order valence-electron chi connectivity index (χ3n) is 4.24. The Hall–Kier alpha value is -2.82. The molecule has 0 saturated heterocycles. The number of nitrogens with one attached hydrogen (secondary N) is 2. The van der Waals surface area contributed by atoms with Gasteiger partial charge in [-0.3, -0.25) is 9.59 Å². The molecule has 144 valence electrons. The SMILES string of the molecule is CCCCCCOc1ccc(C(=O)Nc2ccc(CC(=O)NC)cc2)cc1. The van der Waals surface area contributed by atoms with Gasteiger partial charge in [-0.15, -0.1) is 0 Å². The van der Waals surface area contributed by atoms with Crippen molar-refractivity contribution < 1.29 is 14.3 Å². The van der Waals surface area contributed by atoms with Crippen molar-refractivity contribution in [1.82, 2.24) is 5.32 Å². The Morgan fingerprint density at radius 1 is 0.926 bits per heavy atom. The fourth-order valence-corrected chi connectivity index (χ4v) is 2.60. The van der Waals surface area contributed by atoms with Crippen molar-refractivity contribution in [3.8, 4) is 5.75 Å². The molecule has 5 nitrogen and oxygen atoms in total. The van der Waals surface area contributed by atoms with Crippen LogP contribution in [0.15, 0.2) is 48.5 Å². The van der Waals surface area contributed by atoms with Gasteiger partial charge in [-0.05, 0) is 48.4 Å². The second-order valence-electron chi connectivity index (χ2n) is 6.43. The highest BCUT2D eigenvalue weighted by molar-refractivity contribution is 6.04. The Bertz CT molecular complexity index is 724. The zero-order chi connectivity index (χ0) is 19.5. The number of hydrogen-bond acceptors (Lipinski definition) is 3. The fraction of sp³-hybridized carbons (Fsp3) is 0.364. The number of rotatable bonds is 10. The van der Waals surface area contributed by atoms with Crippen LogP contribution < -0.4 is 15.4 Å². The van der Waals surface area contributed by atoms with E-state index in [1.54, 1.807) is 31.3 Å². The van der Waals surface area contributed by atoms with Gasteiger partial charge < -0.3 is 15.4 Å². The van der Waals surface area contributed by atoms with Crippen LogP contribution >= 0.6 is 0 Å². The summed E-state index contributed by atoms with van der Waals surface area (Å²) >= 11 is 0. The summed E-state index contributed by atoms with van der Waals surface area (Å²) in [6.07, 6.45) is 4.99. The maximum Gasteiger partial charge on any atom is 0.255 e. The van der Waals surface area contributed by atoms with Gasteiger partial charge in [-0.2, -0.15) is 0 Å². The lowest BCUT2D eigenvalue weighted by molar-refractivity contribution is -0.119. The first kappa shape index (κ1) is 20.5. The Morgan fingerprint density at radius 3 is 2.26 bits per heavy atom. The van der Waals surface area contributed by atoms with Gasteiger partial charge in [0.1, 0.15) is 5.75 Å². The molecule has 2 aromatic rings. The summed E-state index contributed by atoms with van der Waals surface area (Å²) in [6, 6.07) is 14.4. The molecule has 0 aromatic heterocycles. The summed E-state index contributed by atoms with van der Waals surface area (Å²) < 4.78 is 5.70. The summed E-state index contributed by atoms with van der Waals surface area (Å²) in [5.41, 5.74) is 2.16. The largest absolute Gasteiger partial charge is 0.494 e. The predicted molar refractivity (Wildman–Crippen MR) is 108 cm³/mol. The van der Waals surface area contributed by atoms with E-state index in [0.717, 1.165) is 17.7 Å². The molecule has 0 radical (unpaired) electrons. The lowest BCUT2D eigenvalue weighted by Gasteiger charge is -2.08. The van der Waals surface area contributed by atoms with Gasteiger partial charge in [0.05, 0.1) is 13.0 Å². The number of likely N-dealkylation sites (N-methyl/N-ethyl adjacent to an activating group) is 1. The lowest BCUT2D eigenvalue weighted by Crippen LogP contribution is -2.19. The van der Waals surface area contributed by atoms with Crippen molar-refractivity contribution in [2.75, 3.05) is 19.0 Å². The maximum atomic E-state index is 12.4. The van der Waals surface area contributed by atoms with Gasteiger partial charge in [-0.25, -0.2) is 0 Å². The smallest absolute Gasteiger partial charge is 0.255 e. The minimum atomic E-state index is -0.177. The zero-order valence-electron chi connectivity index (χ0n) is 16.1. The zero-order valence-corrected chi connectivity index (χ0v) is 16.1. The highest BCUT2D eigenvalue weighted by atomic mass is 16.5. The second kappa shape index (κ2) is 11.0. The van der Waals surface area contributed by atoms with Crippen LogP contribution in [-0.4, -0.2) is 25.5 Å². The van der Waals surface area contributed by atoms with Crippen LogP contribution in [0, 0.1) is 0 Å². The molecular formula is C22H28N2O3. The number of anilines is 1. The van der Waals surface area contributed by atoms with E-state index in [0.29, 0.717) is 24.3 Å². The molecule has 0 atom stereocenters. The average molecular weight is 368 g/mol. The molecule has 27 heavy (non-hydrogen) atoms. The summed E-state index contributed by atoms with van der Waals surface area (Å²) in [6.45, 7) is 2.89. The first-order chi connectivity index (χ1) is 13.1. The normalized spacial score (nSPS) is 10.3. The Morgan fingerprint density at radius 2 is 1.63 bits per heavy atom. The van der Waals surface area contributed by atoms with Crippen LogP contribution in [0.2, 0.25) is 0 Å². The van der Waals surface area contributed by atoms with Gasteiger partial charge >= 0.3 is 0 Å². The second-order valence-corrected chi connectivity index (χ2v) is 6.43. The molecule has 0 fully saturated rings. The topological polar surface area (TPSA) is 67.4 Å². The molecule has 2 rings (SSSR count). The highest BCUT2D eigenvalue weighted by Gasteiger charge is 2.07. The van der Waals surface area contributed by atoms with Gasteiger partial charge in [0.2, 0.25) is 5.91 Å². The number of ether oxygens (including phenoxy) is 1. The van der Waals surface area contributed by atoms with Gasteiger partial charge in [0.15, 0.2) is 0 Å². The standard InChI is InChI=1S/C22H28N2O3/c1-3-4-5-6-15-27-20-13-9-18(10-14-20)22(26)24-19-11-7-17(8-12-19)16-21(25)23-2/h7-14H,3-6,15-16H2,1-2H3,(H,23,25)(H,24,26). The van der Waals surface area contributed by atoms with Crippen molar-refractivity contribution >= 4 is 17.5 Å². The van der Waals surface area contributed by atoms with E-state index in [4.69, 9.17) is 4.74 Å². The molecule has 0 aliphatic rings. The Kier molecular flexibility index (Phi) is 8.36. The van der Waals surface area contributed by atoms with E-state index >= 15 is 0 Å². The molecule has 0 aliphatic carbocycles. The van der Waals surface area contributed by atoms with Crippen LogP contribution in [-0.2, 0) is 11.2 Å². The van der Waals surface area contributed by atoms with Crippen LogP contribution in [0.1, 0.15) is 48.5 Å². The van der Waals surface area contributed by atoms with E-state index in [-0.39, 0.29) is 11.8 Å². The quantitative estimate of drug-likeness (QED) is 0.618. The van der Waals surface area contributed by atoms with Crippen molar-refractivity contribution in [2.45, 2.75) is 39.0 Å². The van der Waals surface area contributed by atoms with E-state index < -0.39 is 0 Å². The summed E-state index contributed by atoms with van der Waals surface area (Å²) in [5.74, 6) is 0.560. The molecule has 2 aromatic carbocycles. The lowest BCUT2D eigenvalue weighted by atomic mass is 10.1. The maximum absolute atomic E-state index is 12.4. The molecule has 0 aliphatic heterocycles. The molecule has 0 heterocycles. The number of unbranched alkanes of at least 4 members (excludes halogenated alkanes) is 3. The molecule has 2 N–H and O–H groups in total. The predicted octanol–water partition coefficient (Wildman–Crippen LogP) is 4.19. The number of amides is 2. The molecular weight excluding hydrogens is 340 g/mol. The van der Waals surface area contributed by atoms with Gasteiger partial charge in [0.25, 0.3) is 5.91 Å². The molecule has 2 amide bonds. The first-order valence-electron chi connectivity index (χ1n) is 9.46. The number of benzene rings is 2. The fourth-order valence-electron chi connectivity index (χ4n) is 2.60. The highest BCUT2D eigenvalue weighted by Crippen LogP contribution is 2.16. The minimum absolute atomic E-state index is 0.0422. The van der Waals surface area contributed by atoms with Crippen LogP contribution in [0.3, 0.4) is 0 Å². The molecule has 0 bridgehead atoms. The summed E-state index contributed by atoms with van der Waals surface area (Å²) in [5, 5.41) is 5.45. The molecule has 5 heteroatoms. The average Bonchev–Trinajstić information content (AvgIpc) is 2.69. The Balaban J connectivity index is 1.84. The number of carbonyl (C=O) groups excluding carboxylic acids is 2. The van der Waals surface area contributed by atoms with Crippen molar-refractivity contribution in [2.24, 2.45) is 0 Å². The van der Waals surface area contributed by atoms with Gasteiger partial charge in [-0.1, -0.05) is 38.3 Å². The van der Waals surface area contributed by atoms with Gasteiger partial charge in [0, 0.05) is 18.3 Å². The molecule has 0 unspecified atom stereocenters. The first-order valence-corrected chi connectivity index (χ1v) is 9.46. The van der Waals surface area contributed by atoms with Crippen LogP contribution in [0.4, 0.5) is 5.69 Å². The number of carbonyl (C=O) groups is 2. The summed E-state index contributed by atoms with van der Waals surface area (Å²) in [7, 11) is 1.61. The minimum Gasteiger partial charge on any atom is -0.494 e. The van der Waals surface area contributed by atoms with Crippen molar-refractivity contribution in [3.05, 3.63) is 59.7 Å².